The van der Waals surface area contributed by atoms with Gasteiger partial charge in [0.15, 0.2) is 22.1 Å². The molecule has 3 aromatic heterocycles. The summed E-state index contributed by atoms with van der Waals surface area (Å²) in [6.45, 7) is 2.38. The number of furan rings is 1. The minimum absolute atomic E-state index is 0.359. The normalized spacial score (nSPS) is 15.2. The zero-order chi connectivity index (χ0) is 21.4. The van der Waals surface area contributed by atoms with Crippen LogP contribution in [0.1, 0.15) is 19.3 Å². The first kappa shape index (κ1) is 20.1. The van der Waals surface area contributed by atoms with Gasteiger partial charge in [0, 0.05) is 29.9 Å². The van der Waals surface area contributed by atoms with Gasteiger partial charge < -0.3 is 19.6 Å². The quantitative estimate of drug-likeness (QED) is 0.433. The lowest BCUT2D eigenvalue weighted by molar-refractivity contribution is -0.119. The van der Waals surface area contributed by atoms with Crippen molar-refractivity contribution in [1.29, 1.82) is 0 Å². The summed E-state index contributed by atoms with van der Waals surface area (Å²) in [5.74, 6) is 0.909. The van der Waals surface area contributed by atoms with Crippen molar-refractivity contribution >= 4 is 57.7 Å². The minimum atomic E-state index is 0.359. The number of nitrogen functional groups attached to an aromatic ring is 1. The van der Waals surface area contributed by atoms with Crippen LogP contribution in [0.15, 0.2) is 45.3 Å². The van der Waals surface area contributed by atoms with Crippen LogP contribution in [0, 0.1) is 5.92 Å². The monoisotopic (exact) mass is 456 g/mol. The highest BCUT2D eigenvalue weighted by atomic mass is 35.5. The van der Waals surface area contributed by atoms with Crippen LogP contribution < -0.4 is 5.73 Å². The number of anilines is 1. The SMILES string of the molecule is Nc1ncnc2c1nc(Sc1cc3occc3cc1Cl)n2CCC1CCN(C=O)CC1. The number of hydrogen-bond acceptors (Lipinski definition) is 7. The highest BCUT2D eigenvalue weighted by molar-refractivity contribution is 7.99. The van der Waals surface area contributed by atoms with Crippen molar-refractivity contribution in [3.8, 4) is 0 Å². The molecule has 31 heavy (non-hydrogen) atoms. The maximum absolute atomic E-state index is 11.0. The molecule has 0 saturated carbocycles. The van der Waals surface area contributed by atoms with E-state index in [1.165, 1.54) is 18.1 Å². The Bertz CT molecular complexity index is 1250. The Labute approximate surface area is 187 Å². The van der Waals surface area contributed by atoms with Crippen LogP contribution >= 0.6 is 23.4 Å². The maximum atomic E-state index is 11.0. The van der Waals surface area contributed by atoms with Gasteiger partial charge in [-0.05, 0) is 55.1 Å². The number of fused-ring (bicyclic) bond motifs is 2. The van der Waals surface area contributed by atoms with Gasteiger partial charge in [-0.25, -0.2) is 15.0 Å². The van der Waals surface area contributed by atoms with E-state index < -0.39 is 0 Å². The lowest BCUT2D eigenvalue weighted by atomic mass is 9.94. The van der Waals surface area contributed by atoms with Crippen molar-refractivity contribution in [2.75, 3.05) is 18.8 Å². The van der Waals surface area contributed by atoms with Crippen molar-refractivity contribution < 1.29 is 9.21 Å². The van der Waals surface area contributed by atoms with Crippen LogP contribution in [0.3, 0.4) is 0 Å². The predicted molar refractivity (Wildman–Crippen MR) is 120 cm³/mol. The van der Waals surface area contributed by atoms with Crippen molar-refractivity contribution in [3.63, 3.8) is 0 Å². The van der Waals surface area contributed by atoms with E-state index in [-0.39, 0.29) is 0 Å². The van der Waals surface area contributed by atoms with Crippen molar-refractivity contribution in [1.82, 2.24) is 24.4 Å². The zero-order valence-corrected chi connectivity index (χ0v) is 18.3. The fourth-order valence-electron chi connectivity index (χ4n) is 4.01. The van der Waals surface area contributed by atoms with E-state index in [0.29, 0.717) is 22.3 Å². The van der Waals surface area contributed by atoms with E-state index in [9.17, 15) is 4.79 Å². The number of benzene rings is 1. The van der Waals surface area contributed by atoms with Gasteiger partial charge in [-0.2, -0.15) is 0 Å². The first-order valence-electron chi connectivity index (χ1n) is 10.1. The molecule has 0 aliphatic carbocycles. The van der Waals surface area contributed by atoms with Crippen LogP contribution in [-0.4, -0.2) is 43.9 Å². The molecular formula is C21H21ClN6O2S. The van der Waals surface area contributed by atoms with Crippen LogP contribution in [0.2, 0.25) is 5.02 Å². The summed E-state index contributed by atoms with van der Waals surface area (Å²) in [7, 11) is 0. The third-order valence-corrected chi connectivity index (χ3v) is 7.27. The third kappa shape index (κ3) is 3.95. The van der Waals surface area contributed by atoms with Crippen LogP contribution in [0.25, 0.3) is 22.1 Å². The number of hydrogen-bond donors (Lipinski definition) is 1. The summed E-state index contributed by atoms with van der Waals surface area (Å²) in [5.41, 5.74) is 8.16. The number of carbonyl (C=O) groups excluding carboxylic acids is 1. The Balaban J connectivity index is 1.45. The predicted octanol–water partition coefficient (Wildman–Crippen LogP) is 4.22. The molecule has 1 aliphatic rings. The molecule has 0 radical (unpaired) electrons. The van der Waals surface area contributed by atoms with E-state index in [0.717, 1.165) is 72.0 Å². The molecule has 1 amide bonds. The molecule has 8 nitrogen and oxygen atoms in total. The molecular weight excluding hydrogens is 436 g/mol. The number of imidazole rings is 1. The van der Waals surface area contributed by atoms with Crippen LogP contribution in [0.4, 0.5) is 5.82 Å². The number of aryl methyl sites for hydroxylation is 1. The summed E-state index contributed by atoms with van der Waals surface area (Å²) in [6, 6.07) is 5.71. The van der Waals surface area contributed by atoms with Crippen LogP contribution in [0.5, 0.6) is 0 Å². The van der Waals surface area contributed by atoms with Gasteiger partial charge in [0.05, 0.1) is 11.3 Å². The molecule has 4 aromatic rings. The average Bonchev–Trinajstić information content (AvgIpc) is 3.37. The Morgan fingerprint density at radius 2 is 2.13 bits per heavy atom. The second-order valence-corrected chi connectivity index (χ2v) is 9.11. The first-order chi connectivity index (χ1) is 15.1. The number of piperidine rings is 1. The number of rotatable bonds is 6. The first-order valence-corrected chi connectivity index (χ1v) is 11.3. The highest BCUT2D eigenvalue weighted by Gasteiger charge is 2.21. The lowest BCUT2D eigenvalue weighted by Gasteiger charge is -2.29. The van der Waals surface area contributed by atoms with Gasteiger partial charge in [0.2, 0.25) is 6.41 Å². The van der Waals surface area contributed by atoms with Gasteiger partial charge in [-0.1, -0.05) is 11.6 Å². The fourth-order valence-corrected chi connectivity index (χ4v) is 5.24. The number of amides is 1. The molecule has 2 N–H and O–H groups in total. The molecule has 1 fully saturated rings. The standard InChI is InChI=1S/C21H21ClN6O2S/c22-15-9-14-4-8-30-16(14)10-17(15)31-21-26-18-19(23)24-11-25-20(18)28(21)7-3-13-1-5-27(12-29)6-2-13/h4,8-13H,1-3,5-7H2,(H2,23,24,25). The van der Waals surface area contributed by atoms with Gasteiger partial charge in [-0.3, -0.25) is 4.79 Å². The fraction of sp³-hybridized carbons (Fsp3) is 0.333. The Hall–Kier alpha value is -2.78. The molecule has 1 aromatic carbocycles. The van der Waals surface area contributed by atoms with Crippen molar-refractivity contribution in [3.05, 3.63) is 35.8 Å². The van der Waals surface area contributed by atoms with E-state index in [4.69, 9.17) is 26.7 Å². The topological polar surface area (TPSA) is 103 Å². The molecule has 5 rings (SSSR count). The molecule has 0 bridgehead atoms. The Morgan fingerprint density at radius 3 is 2.94 bits per heavy atom. The number of likely N-dealkylation sites (tertiary alicyclic amines) is 1. The maximum Gasteiger partial charge on any atom is 0.209 e. The number of carbonyl (C=O) groups is 1. The highest BCUT2D eigenvalue weighted by Crippen LogP contribution is 2.38. The zero-order valence-electron chi connectivity index (χ0n) is 16.7. The summed E-state index contributed by atoms with van der Waals surface area (Å²) >= 11 is 8.00. The summed E-state index contributed by atoms with van der Waals surface area (Å²) in [6.07, 6.45) is 7.04. The Kier molecular flexibility index (Phi) is 5.45. The number of nitrogens with two attached hydrogens (primary N) is 1. The molecule has 1 saturated heterocycles. The summed E-state index contributed by atoms with van der Waals surface area (Å²) < 4.78 is 7.62. The number of halogens is 1. The second-order valence-electron chi connectivity index (χ2n) is 7.69. The summed E-state index contributed by atoms with van der Waals surface area (Å²) in [4.78, 5) is 26.9. The molecule has 10 heteroatoms. The number of aromatic nitrogens is 4. The van der Waals surface area contributed by atoms with Crippen molar-refractivity contribution in [2.24, 2.45) is 5.92 Å². The number of nitrogens with zero attached hydrogens (tertiary/aromatic N) is 5. The average molecular weight is 457 g/mol. The van der Waals surface area contributed by atoms with Gasteiger partial charge in [0.1, 0.15) is 11.9 Å². The van der Waals surface area contributed by atoms with E-state index in [1.807, 2.05) is 23.1 Å². The molecule has 1 aliphatic heterocycles. The lowest BCUT2D eigenvalue weighted by Crippen LogP contribution is -2.32. The van der Waals surface area contributed by atoms with E-state index >= 15 is 0 Å². The molecule has 4 heterocycles. The van der Waals surface area contributed by atoms with Crippen molar-refractivity contribution in [2.45, 2.75) is 35.9 Å². The third-order valence-electron chi connectivity index (χ3n) is 5.79. The molecule has 0 spiro atoms. The Morgan fingerprint density at radius 1 is 1.29 bits per heavy atom. The molecule has 160 valence electrons. The summed E-state index contributed by atoms with van der Waals surface area (Å²) in [5, 5.41) is 2.36. The largest absolute Gasteiger partial charge is 0.464 e. The van der Waals surface area contributed by atoms with Gasteiger partial charge in [0.25, 0.3) is 0 Å². The van der Waals surface area contributed by atoms with Gasteiger partial charge >= 0.3 is 0 Å². The minimum Gasteiger partial charge on any atom is -0.464 e. The van der Waals surface area contributed by atoms with Crippen LogP contribution in [-0.2, 0) is 11.3 Å². The smallest absolute Gasteiger partial charge is 0.209 e. The molecule has 0 unspecified atom stereocenters. The van der Waals surface area contributed by atoms with E-state index in [2.05, 4.69) is 14.5 Å². The van der Waals surface area contributed by atoms with Gasteiger partial charge in [-0.15, -0.1) is 0 Å². The second kappa shape index (κ2) is 8.39. The molecule has 0 atom stereocenters. The van der Waals surface area contributed by atoms with E-state index in [1.54, 1.807) is 6.26 Å².